The minimum absolute atomic E-state index is 0.102. The van der Waals surface area contributed by atoms with Crippen LogP contribution in [0.25, 0.3) is 0 Å². The van der Waals surface area contributed by atoms with Gasteiger partial charge in [0.2, 0.25) is 0 Å². The molecule has 116 valence electrons. The third-order valence-electron chi connectivity index (χ3n) is 5.29. The molecule has 3 nitrogen and oxygen atoms in total. The number of aliphatic hydroxyl groups excluding tert-OH is 1. The van der Waals surface area contributed by atoms with Gasteiger partial charge in [-0.3, -0.25) is 4.90 Å². The second kappa shape index (κ2) is 5.98. The molecule has 0 bridgehead atoms. The summed E-state index contributed by atoms with van der Waals surface area (Å²) in [6.07, 6.45) is 4.52. The summed E-state index contributed by atoms with van der Waals surface area (Å²) in [6.45, 7) is 8.13. The first-order valence-electron chi connectivity index (χ1n) is 8.29. The van der Waals surface area contributed by atoms with Crippen LogP contribution in [0.2, 0.25) is 0 Å². The van der Waals surface area contributed by atoms with Gasteiger partial charge in [0.05, 0.1) is 6.04 Å². The lowest BCUT2D eigenvalue weighted by atomic mass is 9.90. The molecule has 0 radical (unpaired) electrons. The summed E-state index contributed by atoms with van der Waals surface area (Å²) in [5, 5.41) is 10.9. The molecule has 1 fully saturated rings. The van der Waals surface area contributed by atoms with Crippen molar-refractivity contribution >= 4 is 0 Å². The van der Waals surface area contributed by atoms with E-state index in [1.165, 1.54) is 30.4 Å². The maximum absolute atomic E-state index is 10.9. The van der Waals surface area contributed by atoms with Gasteiger partial charge in [-0.1, -0.05) is 13.3 Å². The lowest BCUT2D eigenvalue weighted by Gasteiger charge is -2.44. The molecule has 1 aromatic rings. The van der Waals surface area contributed by atoms with Crippen LogP contribution in [0.4, 0.5) is 0 Å². The van der Waals surface area contributed by atoms with Crippen molar-refractivity contribution in [3.63, 3.8) is 0 Å². The van der Waals surface area contributed by atoms with Crippen LogP contribution in [0.5, 0.6) is 5.75 Å². The number of piperidine rings is 1. The number of rotatable bonds is 2. The van der Waals surface area contributed by atoms with Gasteiger partial charge in [-0.15, -0.1) is 0 Å². The topological polar surface area (TPSA) is 32.7 Å². The summed E-state index contributed by atoms with van der Waals surface area (Å²) in [7, 11) is 0. The minimum atomic E-state index is -0.430. The molecule has 0 amide bonds. The van der Waals surface area contributed by atoms with Crippen LogP contribution >= 0.6 is 0 Å². The fourth-order valence-corrected chi connectivity index (χ4v) is 3.82. The summed E-state index contributed by atoms with van der Waals surface area (Å²) in [5.74, 6) is 0.868. The van der Waals surface area contributed by atoms with E-state index in [-0.39, 0.29) is 6.04 Å². The highest BCUT2D eigenvalue weighted by atomic mass is 16.5. The highest BCUT2D eigenvalue weighted by Crippen LogP contribution is 2.38. The van der Waals surface area contributed by atoms with E-state index in [0.29, 0.717) is 12.6 Å². The smallest absolute Gasteiger partial charge is 0.125 e. The summed E-state index contributed by atoms with van der Waals surface area (Å²) in [4.78, 5) is 2.49. The predicted molar refractivity (Wildman–Crippen MR) is 84.8 cm³/mol. The Balaban J connectivity index is 1.87. The first-order chi connectivity index (χ1) is 10.1. The highest BCUT2D eigenvalue weighted by molar-refractivity contribution is 5.44. The van der Waals surface area contributed by atoms with E-state index >= 15 is 0 Å². The molecule has 0 saturated carbocycles. The van der Waals surface area contributed by atoms with Crippen LogP contribution < -0.4 is 4.74 Å². The molecule has 3 atom stereocenters. The Morgan fingerprint density at radius 2 is 2.00 bits per heavy atom. The lowest BCUT2D eigenvalue weighted by Crippen LogP contribution is -2.52. The van der Waals surface area contributed by atoms with Crippen LogP contribution in [0.3, 0.4) is 0 Å². The Morgan fingerprint density at radius 3 is 2.76 bits per heavy atom. The summed E-state index contributed by atoms with van der Waals surface area (Å²) in [5.41, 5.74) is 3.42. The van der Waals surface area contributed by atoms with Crippen LogP contribution in [-0.2, 0) is 0 Å². The molecule has 3 rings (SSSR count). The van der Waals surface area contributed by atoms with Gasteiger partial charge in [0.25, 0.3) is 0 Å². The average molecular weight is 289 g/mol. The number of hydrogen-bond donors (Lipinski definition) is 1. The standard InChI is InChI=1S/C18H27NO2/c1-4-14-7-5-6-8-19(14)16-11-21-17-10-13(3)12(2)9-15(17)18(16)20/h9-10,14,16,18,20H,4-8,11H2,1-3H3. The van der Waals surface area contributed by atoms with Gasteiger partial charge in [0.1, 0.15) is 18.5 Å². The zero-order chi connectivity index (χ0) is 15.0. The van der Waals surface area contributed by atoms with Gasteiger partial charge in [0.15, 0.2) is 0 Å². The number of aliphatic hydroxyl groups is 1. The van der Waals surface area contributed by atoms with Crippen LogP contribution in [0.1, 0.15) is 55.4 Å². The third-order valence-corrected chi connectivity index (χ3v) is 5.29. The molecule has 3 unspecified atom stereocenters. The first kappa shape index (κ1) is 14.9. The predicted octanol–water partition coefficient (Wildman–Crippen LogP) is 3.36. The van der Waals surface area contributed by atoms with Crippen molar-refractivity contribution in [3.8, 4) is 5.75 Å². The van der Waals surface area contributed by atoms with Crippen LogP contribution in [-0.4, -0.2) is 35.2 Å². The molecular formula is C18H27NO2. The second-order valence-electron chi connectivity index (χ2n) is 6.59. The maximum Gasteiger partial charge on any atom is 0.125 e. The van der Waals surface area contributed by atoms with Gasteiger partial charge in [-0.2, -0.15) is 0 Å². The summed E-state index contributed by atoms with van der Waals surface area (Å²) >= 11 is 0. The fourth-order valence-electron chi connectivity index (χ4n) is 3.82. The van der Waals surface area contributed by atoms with Gasteiger partial charge in [-0.05, 0) is 62.9 Å². The molecule has 2 aliphatic rings. The number of ether oxygens (including phenoxy) is 1. The van der Waals surface area contributed by atoms with E-state index in [9.17, 15) is 5.11 Å². The number of aryl methyl sites for hydroxylation is 2. The van der Waals surface area contributed by atoms with Crippen molar-refractivity contribution in [3.05, 3.63) is 28.8 Å². The van der Waals surface area contributed by atoms with Gasteiger partial charge in [0, 0.05) is 11.6 Å². The Kier molecular flexibility index (Phi) is 4.23. The van der Waals surface area contributed by atoms with E-state index < -0.39 is 6.10 Å². The Hall–Kier alpha value is -1.06. The van der Waals surface area contributed by atoms with E-state index in [2.05, 4.69) is 37.8 Å². The Morgan fingerprint density at radius 1 is 1.24 bits per heavy atom. The SMILES string of the molecule is CCC1CCCCN1C1COc2cc(C)c(C)cc2C1O. The van der Waals surface area contributed by atoms with Gasteiger partial charge in [-0.25, -0.2) is 0 Å². The largest absolute Gasteiger partial charge is 0.491 e. The van der Waals surface area contributed by atoms with Crippen molar-refractivity contribution in [1.29, 1.82) is 0 Å². The van der Waals surface area contributed by atoms with E-state index in [1.807, 2.05) is 0 Å². The molecule has 1 N–H and O–H groups in total. The fraction of sp³-hybridized carbons (Fsp3) is 0.667. The molecule has 0 aromatic heterocycles. The van der Waals surface area contributed by atoms with Crippen molar-refractivity contribution in [1.82, 2.24) is 4.90 Å². The normalized spacial score (nSPS) is 29.8. The van der Waals surface area contributed by atoms with E-state index in [1.54, 1.807) is 0 Å². The molecule has 0 aliphatic carbocycles. The quantitative estimate of drug-likeness (QED) is 0.906. The Bertz CT molecular complexity index is 514. The molecule has 3 heteroatoms. The van der Waals surface area contributed by atoms with E-state index in [4.69, 9.17) is 4.74 Å². The summed E-state index contributed by atoms with van der Waals surface area (Å²) in [6, 6.07) is 4.87. The molecule has 21 heavy (non-hydrogen) atoms. The van der Waals surface area contributed by atoms with Crippen molar-refractivity contribution in [2.75, 3.05) is 13.2 Å². The van der Waals surface area contributed by atoms with Gasteiger partial charge >= 0.3 is 0 Å². The zero-order valence-electron chi connectivity index (χ0n) is 13.4. The monoisotopic (exact) mass is 289 g/mol. The highest BCUT2D eigenvalue weighted by Gasteiger charge is 2.37. The number of nitrogens with zero attached hydrogens (tertiary/aromatic N) is 1. The molecule has 0 spiro atoms. The molecule has 2 heterocycles. The lowest BCUT2D eigenvalue weighted by molar-refractivity contribution is -0.0293. The Labute approximate surface area is 127 Å². The number of benzene rings is 1. The average Bonchev–Trinajstić information content (AvgIpc) is 2.50. The zero-order valence-corrected chi connectivity index (χ0v) is 13.4. The molecule has 2 aliphatic heterocycles. The van der Waals surface area contributed by atoms with Crippen molar-refractivity contribution in [2.24, 2.45) is 0 Å². The first-order valence-corrected chi connectivity index (χ1v) is 8.29. The van der Waals surface area contributed by atoms with Crippen LogP contribution in [0.15, 0.2) is 12.1 Å². The van der Waals surface area contributed by atoms with Crippen molar-refractivity contribution in [2.45, 2.75) is 64.6 Å². The van der Waals surface area contributed by atoms with E-state index in [0.717, 1.165) is 24.3 Å². The number of fused-ring (bicyclic) bond motifs is 1. The summed E-state index contributed by atoms with van der Waals surface area (Å²) < 4.78 is 5.99. The number of hydrogen-bond acceptors (Lipinski definition) is 3. The second-order valence-corrected chi connectivity index (χ2v) is 6.59. The molecule has 1 aromatic carbocycles. The van der Waals surface area contributed by atoms with Gasteiger partial charge < -0.3 is 9.84 Å². The molecular weight excluding hydrogens is 262 g/mol. The van der Waals surface area contributed by atoms with Crippen LogP contribution in [0, 0.1) is 13.8 Å². The maximum atomic E-state index is 10.9. The third kappa shape index (κ3) is 2.69. The number of likely N-dealkylation sites (tertiary alicyclic amines) is 1. The minimum Gasteiger partial charge on any atom is -0.491 e. The molecule has 1 saturated heterocycles. The van der Waals surface area contributed by atoms with Crippen molar-refractivity contribution < 1.29 is 9.84 Å².